The second-order valence-corrected chi connectivity index (χ2v) is 7.43. The number of benzene rings is 3. The fourth-order valence-corrected chi connectivity index (χ4v) is 3.90. The molecule has 4 rings (SSSR count). The zero-order chi connectivity index (χ0) is 22.7. The van der Waals surface area contributed by atoms with Crippen LogP contribution in [0, 0.1) is 13.8 Å². The zero-order valence-electron chi connectivity index (χ0n) is 18.5. The summed E-state index contributed by atoms with van der Waals surface area (Å²) in [6.07, 6.45) is 1.66. The third-order valence-corrected chi connectivity index (χ3v) is 5.50. The Kier molecular flexibility index (Phi) is 5.94. The molecule has 0 aliphatic heterocycles. The Hall–Kier alpha value is -4.06. The van der Waals surface area contributed by atoms with Gasteiger partial charge in [-0.15, -0.1) is 0 Å². The number of ether oxygens (including phenoxy) is 2. The Morgan fingerprint density at radius 3 is 2.53 bits per heavy atom. The fraction of sp³-hybridized carbons (Fsp3) is 0.154. The minimum Gasteiger partial charge on any atom is -0.497 e. The first-order chi connectivity index (χ1) is 15.5. The average Bonchev–Trinajstić information content (AvgIpc) is 3.10. The summed E-state index contributed by atoms with van der Waals surface area (Å²) >= 11 is 0. The average molecular weight is 428 g/mol. The number of hydrogen-bond donors (Lipinski definition) is 1. The first-order valence-electron chi connectivity index (χ1n) is 10.3. The topological polar surface area (TPSA) is 64.8 Å². The van der Waals surface area contributed by atoms with Crippen LogP contribution in [0.4, 0.5) is 0 Å². The molecule has 1 heterocycles. The molecule has 162 valence electrons. The molecule has 0 aliphatic rings. The summed E-state index contributed by atoms with van der Waals surface area (Å²) in [5.41, 5.74) is 7.14. The Labute approximate surface area is 187 Å². The predicted molar refractivity (Wildman–Crippen MR) is 127 cm³/mol. The van der Waals surface area contributed by atoms with Gasteiger partial charge in [0.15, 0.2) is 0 Å². The first-order valence-corrected chi connectivity index (χ1v) is 10.3. The quantitative estimate of drug-likeness (QED) is 0.347. The Bertz CT molecular complexity index is 1320. The number of aromatic nitrogens is 1. The lowest BCUT2D eigenvalue weighted by Gasteiger charge is -2.13. The van der Waals surface area contributed by atoms with E-state index in [-0.39, 0.29) is 5.91 Å². The minimum atomic E-state index is -0.358. The summed E-state index contributed by atoms with van der Waals surface area (Å²) in [4.78, 5) is 12.6. The number of amides is 1. The normalized spacial score (nSPS) is 11.1. The third-order valence-electron chi connectivity index (χ3n) is 5.50. The second-order valence-electron chi connectivity index (χ2n) is 7.43. The molecule has 0 saturated heterocycles. The van der Waals surface area contributed by atoms with E-state index < -0.39 is 0 Å². The molecule has 0 atom stereocenters. The number of rotatable bonds is 6. The predicted octanol–water partition coefficient (Wildman–Crippen LogP) is 5.03. The van der Waals surface area contributed by atoms with Crippen molar-refractivity contribution in [3.05, 3.63) is 89.2 Å². The van der Waals surface area contributed by atoms with Gasteiger partial charge in [-0.3, -0.25) is 4.79 Å². The number of nitrogens with zero attached hydrogens (tertiary/aromatic N) is 2. The van der Waals surface area contributed by atoms with Gasteiger partial charge in [0, 0.05) is 28.4 Å². The first kappa shape index (κ1) is 21.2. The lowest BCUT2D eigenvalue weighted by Crippen LogP contribution is -2.18. The molecule has 1 aromatic heterocycles. The van der Waals surface area contributed by atoms with Crippen molar-refractivity contribution < 1.29 is 14.3 Å². The lowest BCUT2D eigenvalue weighted by atomic mass is 10.1. The van der Waals surface area contributed by atoms with E-state index in [2.05, 4.69) is 58.4 Å². The van der Waals surface area contributed by atoms with E-state index in [4.69, 9.17) is 9.47 Å². The summed E-state index contributed by atoms with van der Waals surface area (Å²) in [7, 11) is 3.07. The van der Waals surface area contributed by atoms with Crippen LogP contribution in [-0.4, -0.2) is 30.9 Å². The number of carbonyl (C=O) groups is 1. The van der Waals surface area contributed by atoms with Gasteiger partial charge in [-0.05, 0) is 43.5 Å². The van der Waals surface area contributed by atoms with Crippen molar-refractivity contribution in [1.29, 1.82) is 0 Å². The summed E-state index contributed by atoms with van der Waals surface area (Å²) in [6.45, 7) is 4.11. The molecule has 6 heteroatoms. The van der Waals surface area contributed by atoms with Crippen LogP contribution >= 0.6 is 0 Å². The molecule has 0 fully saturated rings. The van der Waals surface area contributed by atoms with Gasteiger partial charge in [0.1, 0.15) is 11.5 Å². The summed E-state index contributed by atoms with van der Waals surface area (Å²) in [6, 6.07) is 21.7. The highest BCUT2D eigenvalue weighted by atomic mass is 16.5. The van der Waals surface area contributed by atoms with Crippen molar-refractivity contribution in [2.45, 2.75) is 13.8 Å². The van der Waals surface area contributed by atoms with E-state index in [0.29, 0.717) is 17.1 Å². The summed E-state index contributed by atoms with van der Waals surface area (Å²) in [5, 5.41) is 6.55. The number of hydrazone groups is 1. The van der Waals surface area contributed by atoms with Crippen LogP contribution in [0.15, 0.2) is 71.8 Å². The number of nitrogens with one attached hydrogen (secondary N) is 1. The summed E-state index contributed by atoms with van der Waals surface area (Å²) < 4.78 is 12.7. The van der Waals surface area contributed by atoms with Crippen LogP contribution in [0.25, 0.3) is 16.5 Å². The maximum atomic E-state index is 12.6. The van der Waals surface area contributed by atoms with Crippen LogP contribution in [0.1, 0.15) is 27.3 Å². The molecule has 0 spiro atoms. The minimum absolute atomic E-state index is 0.358. The second kappa shape index (κ2) is 8.98. The molecule has 32 heavy (non-hydrogen) atoms. The van der Waals surface area contributed by atoms with Gasteiger partial charge in [0.2, 0.25) is 0 Å². The summed E-state index contributed by atoms with van der Waals surface area (Å²) in [5.74, 6) is 0.678. The molecular formula is C26H25N3O3. The molecule has 1 amide bonds. The van der Waals surface area contributed by atoms with Gasteiger partial charge in [-0.25, -0.2) is 5.43 Å². The van der Waals surface area contributed by atoms with Crippen LogP contribution in [0.3, 0.4) is 0 Å². The van der Waals surface area contributed by atoms with Gasteiger partial charge in [0.05, 0.1) is 31.7 Å². The van der Waals surface area contributed by atoms with Crippen molar-refractivity contribution in [3.63, 3.8) is 0 Å². The number of hydrogen-bond acceptors (Lipinski definition) is 4. The van der Waals surface area contributed by atoms with E-state index in [1.807, 2.05) is 19.1 Å². The van der Waals surface area contributed by atoms with Crippen molar-refractivity contribution >= 4 is 22.9 Å². The molecule has 0 aliphatic carbocycles. The molecule has 4 aromatic rings. The highest BCUT2D eigenvalue weighted by Crippen LogP contribution is 2.27. The standard InChI is InChI=1S/C26H25N3O3/c1-17-14-20(16-27-28-26(30)23-13-12-21(31-3)15-25(23)32-4)18(2)29(17)24-11-7-9-19-8-5-6-10-22(19)24/h5-16H,1-4H3,(H,28,30). The van der Waals surface area contributed by atoms with Crippen LogP contribution in [0.2, 0.25) is 0 Å². The van der Waals surface area contributed by atoms with E-state index in [9.17, 15) is 4.79 Å². The van der Waals surface area contributed by atoms with E-state index in [0.717, 1.165) is 22.6 Å². The van der Waals surface area contributed by atoms with E-state index in [1.165, 1.54) is 17.9 Å². The van der Waals surface area contributed by atoms with E-state index >= 15 is 0 Å². The molecule has 0 unspecified atom stereocenters. The van der Waals surface area contributed by atoms with Crippen molar-refractivity contribution in [1.82, 2.24) is 9.99 Å². The van der Waals surface area contributed by atoms with Crippen molar-refractivity contribution in [3.8, 4) is 17.2 Å². The smallest absolute Gasteiger partial charge is 0.275 e. The molecule has 0 saturated carbocycles. The van der Waals surface area contributed by atoms with Gasteiger partial charge in [-0.1, -0.05) is 36.4 Å². The van der Waals surface area contributed by atoms with Crippen molar-refractivity contribution in [2.75, 3.05) is 14.2 Å². The number of methoxy groups -OCH3 is 2. The van der Waals surface area contributed by atoms with Crippen LogP contribution in [0.5, 0.6) is 11.5 Å². The Morgan fingerprint density at radius 2 is 1.75 bits per heavy atom. The van der Waals surface area contributed by atoms with Gasteiger partial charge in [0.25, 0.3) is 5.91 Å². The maximum absolute atomic E-state index is 12.6. The van der Waals surface area contributed by atoms with E-state index in [1.54, 1.807) is 31.5 Å². The monoisotopic (exact) mass is 427 g/mol. The molecule has 0 radical (unpaired) electrons. The third kappa shape index (κ3) is 3.95. The van der Waals surface area contributed by atoms with Crippen molar-refractivity contribution in [2.24, 2.45) is 5.10 Å². The largest absolute Gasteiger partial charge is 0.497 e. The molecule has 0 bridgehead atoms. The van der Waals surface area contributed by atoms with Crippen LogP contribution in [-0.2, 0) is 0 Å². The molecular weight excluding hydrogens is 402 g/mol. The van der Waals surface area contributed by atoms with Gasteiger partial charge >= 0.3 is 0 Å². The number of fused-ring (bicyclic) bond motifs is 1. The molecule has 6 nitrogen and oxygen atoms in total. The number of aryl methyl sites for hydroxylation is 1. The SMILES string of the molecule is COc1ccc(C(=O)NN=Cc2cc(C)n(-c3cccc4ccccc34)c2C)c(OC)c1. The Morgan fingerprint density at radius 1 is 0.969 bits per heavy atom. The lowest BCUT2D eigenvalue weighted by molar-refractivity contribution is 0.0952. The number of carbonyl (C=O) groups excluding carboxylic acids is 1. The molecule has 1 N–H and O–H groups in total. The highest BCUT2D eigenvalue weighted by Gasteiger charge is 2.14. The maximum Gasteiger partial charge on any atom is 0.275 e. The van der Waals surface area contributed by atoms with Gasteiger partial charge < -0.3 is 14.0 Å². The highest BCUT2D eigenvalue weighted by molar-refractivity contribution is 5.98. The molecule has 3 aromatic carbocycles. The van der Waals surface area contributed by atoms with Gasteiger partial charge in [-0.2, -0.15) is 5.10 Å². The fourth-order valence-electron chi connectivity index (χ4n) is 3.90. The van der Waals surface area contributed by atoms with Crippen LogP contribution < -0.4 is 14.9 Å². The Balaban J connectivity index is 1.59. The zero-order valence-corrected chi connectivity index (χ0v) is 18.5.